The molecule has 2 rings (SSSR count). The van der Waals surface area contributed by atoms with Crippen LogP contribution < -0.4 is 11.1 Å². The topological polar surface area (TPSA) is 65.7 Å². The molecule has 0 atom stereocenters. The average molecular weight is 218 g/mol. The van der Waals surface area contributed by atoms with Crippen molar-refractivity contribution < 1.29 is 0 Å². The fraction of sp³-hybridized carbons (Fsp3) is 0.167. The van der Waals surface area contributed by atoms with Gasteiger partial charge in [0.05, 0.1) is 0 Å². The summed E-state index contributed by atoms with van der Waals surface area (Å²) in [6, 6.07) is 8.48. The Morgan fingerprint density at radius 1 is 1.00 bits per heavy atom. The highest BCUT2D eigenvalue weighted by atomic mass is 16.1. The average Bonchev–Trinajstić information content (AvgIpc) is 2.17. The third-order valence-electron chi connectivity index (χ3n) is 1.84. The number of aryl methyl sites for hydroxylation is 2. The predicted octanol–water partition coefficient (Wildman–Crippen LogP) is 1.37. The van der Waals surface area contributed by atoms with Gasteiger partial charge in [0.2, 0.25) is 11.1 Å². The van der Waals surface area contributed by atoms with Crippen LogP contribution in [0.5, 0.6) is 0 Å². The summed E-state index contributed by atoms with van der Waals surface area (Å²) in [6.07, 6.45) is 1.64. The van der Waals surface area contributed by atoms with E-state index in [4.69, 9.17) is 0 Å². The predicted molar refractivity (Wildman–Crippen MR) is 63.6 cm³/mol. The second-order valence-electron chi connectivity index (χ2n) is 3.43. The van der Waals surface area contributed by atoms with E-state index in [-0.39, 0.29) is 11.1 Å². The Labute approximate surface area is 93.0 Å². The zero-order valence-electron chi connectivity index (χ0n) is 9.28. The van der Waals surface area contributed by atoms with Gasteiger partial charge in [-0.25, -0.2) is 0 Å². The maximum Gasteiger partial charge on any atom is 0.248 e. The van der Waals surface area contributed by atoms with Gasteiger partial charge in [-0.15, -0.1) is 0 Å². The first-order valence-electron chi connectivity index (χ1n) is 4.89. The van der Waals surface area contributed by atoms with Gasteiger partial charge in [-0.05, 0) is 31.5 Å². The molecule has 0 aromatic carbocycles. The molecule has 2 aromatic heterocycles. The molecule has 0 unspecified atom stereocenters. The molecule has 0 saturated carbocycles. The molecule has 0 bridgehead atoms. The van der Waals surface area contributed by atoms with E-state index in [0.29, 0.717) is 0 Å². The number of nitrogens with one attached hydrogen (secondary N) is 2. The first-order valence-corrected chi connectivity index (χ1v) is 4.89. The molecular formula is C12H14N2O2. The van der Waals surface area contributed by atoms with Gasteiger partial charge in [0.25, 0.3) is 0 Å². The molecule has 2 N–H and O–H groups in total. The van der Waals surface area contributed by atoms with E-state index in [9.17, 15) is 9.59 Å². The highest BCUT2D eigenvalue weighted by Crippen LogP contribution is 1.84. The summed E-state index contributed by atoms with van der Waals surface area (Å²) in [6.45, 7) is 3.73. The zero-order valence-corrected chi connectivity index (χ0v) is 9.28. The van der Waals surface area contributed by atoms with Gasteiger partial charge in [0.1, 0.15) is 0 Å². The SMILES string of the molecule is Cc1cc[nH]c(=O)c1.Cc1cccc(=O)[nH]1. The van der Waals surface area contributed by atoms with Crippen LogP contribution in [0.15, 0.2) is 46.1 Å². The van der Waals surface area contributed by atoms with Crippen molar-refractivity contribution in [2.75, 3.05) is 0 Å². The maximum atomic E-state index is 10.4. The first kappa shape index (κ1) is 12.0. The molecule has 0 aliphatic carbocycles. The first-order chi connectivity index (χ1) is 7.58. The second-order valence-corrected chi connectivity index (χ2v) is 3.43. The molecule has 0 aliphatic rings. The summed E-state index contributed by atoms with van der Waals surface area (Å²) in [7, 11) is 0. The summed E-state index contributed by atoms with van der Waals surface area (Å²) >= 11 is 0. The number of H-pyrrole nitrogens is 2. The van der Waals surface area contributed by atoms with Crippen LogP contribution in [0, 0.1) is 13.8 Å². The van der Waals surface area contributed by atoms with Gasteiger partial charge < -0.3 is 9.97 Å². The van der Waals surface area contributed by atoms with Crippen molar-refractivity contribution in [2.24, 2.45) is 0 Å². The fourth-order valence-corrected chi connectivity index (χ4v) is 1.11. The number of aromatic nitrogens is 2. The Balaban J connectivity index is 0.000000160. The van der Waals surface area contributed by atoms with Crippen molar-refractivity contribution in [3.8, 4) is 0 Å². The highest BCUT2D eigenvalue weighted by Gasteiger charge is 1.80. The number of hydrogen-bond acceptors (Lipinski definition) is 2. The molecule has 0 amide bonds. The summed E-state index contributed by atoms with van der Waals surface area (Å²) in [5.41, 5.74) is 1.82. The number of hydrogen-bond donors (Lipinski definition) is 2. The van der Waals surface area contributed by atoms with E-state index in [1.807, 2.05) is 26.0 Å². The van der Waals surface area contributed by atoms with Crippen molar-refractivity contribution in [2.45, 2.75) is 13.8 Å². The molecule has 0 spiro atoms. The summed E-state index contributed by atoms with van der Waals surface area (Å²) in [5, 5.41) is 0. The van der Waals surface area contributed by atoms with Gasteiger partial charge in [-0.1, -0.05) is 6.07 Å². The number of rotatable bonds is 0. The van der Waals surface area contributed by atoms with E-state index in [1.165, 1.54) is 6.07 Å². The van der Waals surface area contributed by atoms with Crippen LogP contribution in [-0.4, -0.2) is 9.97 Å². The van der Waals surface area contributed by atoms with Crippen molar-refractivity contribution in [1.82, 2.24) is 9.97 Å². The van der Waals surface area contributed by atoms with Crippen molar-refractivity contribution in [3.63, 3.8) is 0 Å². The van der Waals surface area contributed by atoms with Crippen LogP contribution in [-0.2, 0) is 0 Å². The van der Waals surface area contributed by atoms with Crippen LogP contribution in [0.25, 0.3) is 0 Å². The van der Waals surface area contributed by atoms with Gasteiger partial charge >= 0.3 is 0 Å². The van der Waals surface area contributed by atoms with E-state index >= 15 is 0 Å². The van der Waals surface area contributed by atoms with Crippen molar-refractivity contribution >= 4 is 0 Å². The Morgan fingerprint density at radius 3 is 2.12 bits per heavy atom. The van der Waals surface area contributed by atoms with Crippen LogP contribution in [0.1, 0.15) is 11.3 Å². The fourth-order valence-electron chi connectivity index (χ4n) is 1.11. The minimum atomic E-state index is -0.0370. The Hall–Kier alpha value is -2.10. The molecule has 2 heterocycles. The molecule has 84 valence electrons. The maximum absolute atomic E-state index is 10.4. The molecule has 2 aromatic rings. The molecule has 0 fully saturated rings. The van der Waals surface area contributed by atoms with E-state index in [1.54, 1.807) is 18.3 Å². The van der Waals surface area contributed by atoms with Gasteiger partial charge in [0.15, 0.2) is 0 Å². The Bertz CT molecular complexity index is 503. The Morgan fingerprint density at radius 2 is 1.75 bits per heavy atom. The van der Waals surface area contributed by atoms with Crippen LogP contribution in [0.4, 0.5) is 0 Å². The summed E-state index contributed by atoms with van der Waals surface area (Å²) in [5.74, 6) is 0. The standard InChI is InChI=1S/2C6H7NO/c1-5-2-3-7-6(8)4-5;1-5-3-2-4-6(8)7-5/h2*2-4H,1H3,(H,7,8). The lowest BCUT2D eigenvalue weighted by molar-refractivity contribution is 1.14. The number of aromatic amines is 2. The van der Waals surface area contributed by atoms with Crippen LogP contribution in [0.2, 0.25) is 0 Å². The van der Waals surface area contributed by atoms with Crippen molar-refractivity contribution in [1.29, 1.82) is 0 Å². The third-order valence-corrected chi connectivity index (χ3v) is 1.84. The van der Waals surface area contributed by atoms with Gasteiger partial charge in [-0.3, -0.25) is 9.59 Å². The number of pyridine rings is 2. The molecule has 4 nitrogen and oxygen atoms in total. The third kappa shape index (κ3) is 4.41. The quantitative estimate of drug-likeness (QED) is 0.701. The lowest BCUT2D eigenvalue weighted by Gasteiger charge is -1.84. The molecule has 4 heteroatoms. The van der Waals surface area contributed by atoms with Crippen LogP contribution >= 0.6 is 0 Å². The molecular weight excluding hydrogens is 204 g/mol. The minimum Gasteiger partial charge on any atom is -0.329 e. The van der Waals surface area contributed by atoms with E-state index in [2.05, 4.69) is 9.97 Å². The summed E-state index contributed by atoms with van der Waals surface area (Å²) in [4.78, 5) is 26.0. The smallest absolute Gasteiger partial charge is 0.248 e. The Kier molecular flexibility index (Phi) is 4.27. The molecule has 0 radical (unpaired) electrons. The van der Waals surface area contributed by atoms with Crippen LogP contribution in [0.3, 0.4) is 0 Å². The second kappa shape index (κ2) is 5.70. The van der Waals surface area contributed by atoms with Gasteiger partial charge in [0, 0.05) is 24.0 Å². The molecule has 0 saturated heterocycles. The molecule has 0 aliphatic heterocycles. The lowest BCUT2D eigenvalue weighted by Crippen LogP contribution is -2.02. The lowest BCUT2D eigenvalue weighted by atomic mass is 10.3. The largest absolute Gasteiger partial charge is 0.329 e. The monoisotopic (exact) mass is 218 g/mol. The van der Waals surface area contributed by atoms with Crippen molar-refractivity contribution in [3.05, 3.63) is 68.5 Å². The van der Waals surface area contributed by atoms with E-state index in [0.717, 1.165) is 11.3 Å². The normalized spacial score (nSPS) is 9.12. The summed E-state index contributed by atoms with van der Waals surface area (Å²) < 4.78 is 0. The zero-order chi connectivity index (χ0) is 12.0. The minimum absolute atomic E-state index is 0.0370. The van der Waals surface area contributed by atoms with Gasteiger partial charge in [-0.2, -0.15) is 0 Å². The van der Waals surface area contributed by atoms with E-state index < -0.39 is 0 Å². The highest BCUT2D eigenvalue weighted by molar-refractivity contribution is 5.06. The molecule has 16 heavy (non-hydrogen) atoms.